The first-order valence-corrected chi connectivity index (χ1v) is 7.71. The van der Waals surface area contributed by atoms with E-state index in [1.807, 2.05) is 6.92 Å². The monoisotopic (exact) mass is 286 g/mol. The minimum absolute atomic E-state index is 0.00423. The maximum absolute atomic E-state index is 11.8. The molecule has 1 rings (SSSR count). The van der Waals surface area contributed by atoms with Crippen molar-refractivity contribution < 1.29 is 14.3 Å². The van der Waals surface area contributed by atoms with Crippen LogP contribution in [0.5, 0.6) is 0 Å². The molecular formula is C15H30N2O3. The van der Waals surface area contributed by atoms with Gasteiger partial charge < -0.3 is 20.1 Å². The van der Waals surface area contributed by atoms with Crippen molar-refractivity contribution in [1.29, 1.82) is 0 Å². The Bertz CT molecular complexity index is 293. The maximum atomic E-state index is 11.8. The lowest BCUT2D eigenvalue weighted by Crippen LogP contribution is -2.49. The van der Waals surface area contributed by atoms with E-state index in [0.29, 0.717) is 19.2 Å². The highest BCUT2D eigenvalue weighted by Gasteiger charge is 2.34. The molecule has 1 fully saturated rings. The van der Waals surface area contributed by atoms with E-state index in [4.69, 9.17) is 9.47 Å². The molecule has 0 radical (unpaired) electrons. The Labute approximate surface area is 122 Å². The molecule has 5 nitrogen and oxygen atoms in total. The van der Waals surface area contributed by atoms with Crippen LogP contribution < -0.4 is 10.6 Å². The Balaban J connectivity index is 2.32. The summed E-state index contributed by atoms with van der Waals surface area (Å²) in [5.41, 5.74) is -0.00423. The summed E-state index contributed by atoms with van der Waals surface area (Å²) in [6.45, 7) is 7.96. The number of carbonyl (C=O) groups is 1. The Morgan fingerprint density at radius 3 is 2.75 bits per heavy atom. The quantitative estimate of drug-likeness (QED) is 0.709. The highest BCUT2D eigenvalue weighted by atomic mass is 16.5. The van der Waals surface area contributed by atoms with E-state index < -0.39 is 0 Å². The minimum atomic E-state index is -0.00423. The molecule has 0 saturated carbocycles. The highest BCUT2D eigenvalue weighted by Crippen LogP contribution is 2.31. The van der Waals surface area contributed by atoms with Crippen molar-refractivity contribution in [3.05, 3.63) is 0 Å². The van der Waals surface area contributed by atoms with Gasteiger partial charge in [-0.15, -0.1) is 0 Å². The standard InChI is InChI=1S/C15H30N2O3/c1-5-15(6-2)9-13(7-8-20-15)16-10-14(18)17-12(3)11-19-4/h12-13,16H,5-11H2,1-4H3,(H,17,18). The van der Waals surface area contributed by atoms with Gasteiger partial charge in [-0.1, -0.05) is 13.8 Å². The van der Waals surface area contributed by atoms with Crippen LogP contribution in [0.25, 0.3) is 0 Å². The molecule has 1 aliphatic rings. The Hall–Kier alpha value is -0.650. The van der Waals surface area contributed by atoms with Crippen molar-refractivity contribution in [2.45, 2.75) is 64.1 Å². The molecule has 0 aliphatic carbocycles. The van der Waals surface area contributed by atoms with Crippen LogP contribution in [0.15, 0.2) is 0 Å². The van der Waals surface area contributed by atoms with Gasteiger partial charge >= 0.3 is 0 Å². The van der Waals surface area contributed by atoms with Crippen molar-refractivity contribution in [1.82, 2.24) is 10.6 Å². The van der Waals surface area contributed by atoms with Crippen molar-refractivity contribution in [2.24, 2.45) is 0 Å². The molecule has 1 saturated heterocycles. The van der Waals surface area contributed by atoms with Gasteiger partial charge in [-0.2, -0.15) is 0 Å². The minimum Gasteiger partial charge on any atom is -0.383 e. The number of amides is 1. The summed E-state index contributed by atoms with van der Waals surface area (Å²) in [6.07, 6.45) is 4.01. The molecule has 2 unspecified atom stereocenters. The van der Waals surface area contributed by atoms with E-state index in [9.17, 15) is 4.79 Å². The van der Waals surface area contributed by atoms with Crippen molar-refractivity contribution >= 4 is 5.91 Å². The van der Waals surface area contributed by atoms with Gasteiger partial charge in [-0.05, 0) is 32.6 Å². The van der Waals surface area contributed by atoms with Crippen LogP contribution in [-0.2, 0) is 14.3 Å². The van der Waals surface area contributed by atoms with E-state index >= 15 is 0 Å². The molecule has 0 aromatic rings. The summed E-state index contributed by atoms with van der Waals surface area (Å²) >= 11 is 0. The number of nitrogens with one attached hydrogen (secondary N) is 2. The molecule has 1 aliphatic heterocycles. The number of methoxy groups -OCH3 is 1. The van der Waals surface area contributed by atoms with E-state index in [0.717, 1.165) is 32.3 Å². The third kappa shape index (κ3) is 5.38. The van der Waals surface area contributed by atoms with Gasteiger partial charge in [0.05, 0.1) is 18.8 Å². The van der Waals surface area contributed by atoms with E-state index in [1.54, 1.807) is 7.11 Å². The molecular weight excluding hydrogens is 256 g/mol. The van der Waals surface area contributed by atoms with Crippen LogP contribution >= 0.6 is 0 Å². The molecule has 2 atom stereocenters. The van der Waals surface area contributed by atoms with E-state index in [2.05, 4.69) is 24.5 Å². The van der Waals surface area contributed by atoms with Gasteiger partial charge in [0.25, 0.3) is 0 Å². The van der Waals surface area contributed by atoms with Gasteiger partial charge in [0, 0.05) is 25.8 Å². The lowest BCUT2D eigenvalue weighted by atomic mass is 9.86. The first-order valence-electron chi connectivity index (χ1n) is 7.71. The molecule has 20 heavy (non-hydrogen) atoms. The van der Waals surface area contributed by atoms with Crippen LogP contribution in [0.3, 0.4) is 0 Å². The second-order valence-corrected chi connectivity index (χ2v) is 5.73. The second-order valence-electron chi connectivity index (χ2n) is 5.73. The molecule has 0 bridgehead atoms. The zero-order valence-electron chi connectivity index (χ0n) is 13.3. The summed E-state index contributed by atoms with van der Waals surface area (Å²) in [6, 6.07) is 0.418. The molecule has 1 heterocycles. The van der Waals surface area contributed by atoms with Gasteiger partial charge in [0.1, 0.15) is 0 Å². The fourth-order valence-electron chi connectivity index (χ4n) is 2.80. The molecule has 118 valence electrons. The van der Waals surface area contributed by atoms with E-state index in [-0.39, 0.29) is 17.6 Å². The van der Waals surface area contributed by atoms with Crippen LogP contribution in [0.1, 0.15) is 46.5 Å². The highest BCUT2D eigenvalue weighted by molar-refractivity contribution is 5.78. The molecule has 5 heteroatoms. The third-order valence-corrected chi connectivity index (χ3v) is 4.16. The largest absolute Gasteiger partial charge is 0.383 e. The van der Waals surface area contributed by atoms with Crippen molar-refractivity contribution in [3.8, 4) is 0 Å². The van der Waals surface area contributed by atoms with Gasteiger partial charge in [-0.25, -0.2) is 0 Å². The first kappa shape index (κ1) is 17.4. The predicted octanol–water partition coefficient (Wildman–Crippen LogP) is 1.46. The molecule has 0 aromatic heterocycles. The number of hydrogen-bond donors (Lipinski definition) is 2. The SMILES string of the molecule is CCC1(CC)CC(NCC(=O)NC(C)COC)CCO1. The van der Waals surface area contributed by atoms with Gasteiger partial charge in [0.2, 0.25) is 5.91 Å². The lowest BCUT2D eigenvalue weighted by Gasteiger charge is -2.40. The number of rotatable bonds is 8. The Morgan fingerprint density at radius 2 is 2.15 bits per heavy atom. The van der Waals surface area contributed by atoms with Gasteiger partial charge in [-0.3, -0.25) is 4.79 Å². The molecule has 0 spiro atoms. The average Bonchev–Trinajstić information content (AvgIpc) is 2.45. The topological polar surface area (TPSA) is 59.6 Å². The number of carbonyl (C=O) groups excluding carboxylic acids is 1. The molecule has 1 amide bonds. The van der Waals surface area contributed by atoms with E-state index in [1.165, 1.54) is 0 Å². The normalized spacial score (nSPS) is 23.3. The number of ether oxygens (including phenoxy) is 2. The van der Waals surface area contributed by atoms with Gasteiger partial charge in [0.15, 0.2) is 0 Å². The van der Waals surface area contributed by atoms with Crippen LogP contribution in [0.2, 0.25) is 0 Å². The summed E-state index contributed by atoms with van der Waals surface area (Å²) in [4.78, 5) is 11.8. The van der Waals surface area contributed by atoms with Crippen molar-refractivity contribution in [3.63, 3.8) is 0 Å². The summed E-state index contributed by atoms with van der Waals surface area (Å²) in [7, 11) is 1.64. The summed E-state index contributed by atoms with van der Waals surface area (Å²) < 4.78 is 10.9. The zero-order chi connectivity index (χ0) is 15.0. The lowest BCUT2D eigenvalue weighted by molar-refractivity contribution is -0.122. The Kier molecular flexibility index (Phi) is 7.48. The Morgan fingerprint density at radius 1 is 1.45 bits per heavy atom. The molecule has 0 aromatic carbocycles. The summed E-state index contributed by atoms with van der Waals surface area (Å²) in [5, 5.41) is 6.27. The first-order chi connectivity index (χ1) is 9.55. The van der Waals surface area contributed by atoms with Crippen LogP contribution in [-0.4, -0.2) is 50.5 Å². The molecule has 2 N–H and O–H groups in total. The fraction of sp³-hybridized carbons (Fsp3) is 0.933. The predicted molar refractivity (Wildman–Crippen MR) is 79.8 cm³/mol. The fourth-order valence-corrected chi connectivity index (χ4v) is 2.80. The number of hydrogen-bond acceptors (Lipinski definition) is 4. The third-order valence-electron chi connectivity index (χ3n) is 4.16. The second kappa shape index (κ2) is 8.60. The average molecular weight is 286 g/mol. The maximum Gasteiger partial charge on any atom is 0.234 e. The van der Waals surface area contributed by atoms with Crippen molar-refractivity contribution in [2.75, 3.05) is 26.9 Å². The zero-order valence-corrected chi connectivity index (χ0v) is 13.3. The van der Waals surface area contributed by atoms with Crippen LogP contribution in [0.4, 0.5) is 0 Å². The summed E-state index contributed by atoms with van der Waals surface area (Å²) in [5.74, 6) is 0.0274. The smallest absolute Gasteiger partial charge is 0.234 e. The van der Waals surface area contributed by atoms with Crippen LogP contribution in [0, 0.1) is 0 Å².